The van der Waals surface area contributed by atoms with Crippen molar-refractivity contribution >= 4 is 150 Å². The molecule has 0 bridgehead atoms. The Kier molecular flexibility index (Phi) is 36.3. The van der Waals surface area contributed by atoms with Crippen LogP contribution < -0.4 is 11.2 Å². The standard InChI is InChI=1S/C20H29BO5.C14H17BrO3.C12H24B2O4.C10H18O5.C8H6Br2O.C8H8BrNO.ClH/c1-18(2,3)24-17(23)13-12-16(22)14-8-10-15(11-9-14)21-25-19(4,5)20(6,7)26-21;1-14(2,3)18-13(17)9-8-12(16)10-4-6-11(15)7-5-10;1-9(2)10(3,4)16-13(15-9)14-17-11(5,6)12(7,8)18-14;1-9(2,3)14-7(11)13-8(12)15-10(4,5)6;9-5-8(11)6-1-3-7(10)4-2-6;9-7-3-1-6(2-4-7)8(11)5-10;/h8-11H,12-13H2,1-7H3;4-7H,8-9H2,1-3H3;1-8H3;1-6H3;1-4H,5H2;1-4H,5,10H2;1H. The molecule has 2 N–H and O–H groups in total. The van der Waals surface area contributed by atoms with Gasteiger partial charge in [-0.1, -0.05) is 124 Å². The molecular weight excluding hydrogens is 1570 g/mol. The highest BCUT2D eigenvalue weighted by atomic mass is 79.9. The Morgan fingerprint density at radius 2 is 0.610 bits per heavy atom. The summed E-state index contributed by atoms with van der Waals surface area (Å²) in [7, 11) is -1.40. The number of hydrogen-bond donors (Lipinski definition) is 1. The summed E-state index contributed by atoms with van der Waals surface area (Å²) in [5.41, 5.74) is 3.95. The topological polar surface area (TPSA) is 264 Å². The van der Waals surface area contributed by atoms with Gasteiger partial charge < -0.3 is 57.3 Å². The minimum absolute atomic E-state index is 0. The minimum Gasteiger partial charge on any atom is -0.460 e. The Labute approximate surface area is 633 Å². The predicted octanol–water partition coefficient (Wildman–Crippen LogP) is 17.2. The third-order valence-corrected chi connectivity index (χ3v) is 17.3. The number of carbonyl (C=O) groups is 8. The molecule has 3 saturated heterocycles. The molecule has 100 heavy (non-hydrogen) atoms. The van der Waals surface area contributed by atoms with Crippen molar-refractivity contribution in [1.82, 2.24) is 0 Å². The van der Waals surface area contributed by atoms with E-state index in [4.69, 9.17) is 52.6 Å². The smallest absolute Gasteiger partial charge is 0.460 e. The second-order valence-electron chi connectivity index (χ2n) is 30.2. The molecule has 0 radical (unpaired) electrons. The summed E-state index contributed by atoms with van der Waals surface area (Å²) >= 11 is 13.0. The summed E-state index contributed by atoms with van der Waals surface area (Å²) in [6.45, 7) is 45.1. The van der Waals surface area contributed by atoms with Crippen LogP contribution in [-0.4, -0.2) is 136 Å². The average Bonchev–Trinajstić information content (AvgIpc) is 1.57. The lowest BCUT2D eigenvalue weighted by Crippen LogP contribution is -2.41. The third kappa shape index (κ3) is 33.4. The molecule has 0 unspecified atom stereocenters. The van der Waals surface area contributed by atoms with Gasteiger partial charge in [0.2, 0.25) is 0 Å². The molecule has 0 aromatic heterocycles. The Morgan fingerprint density at radius 3 is 0.860 bits per heavy atom. The number of ether oxygens (including phenoxy) is 5. The lowest BCUT2D eigenvalue weighted by Gasteiger charge is -2.32. The number of esters is 2. The number of hydrogen-bond acceptors (Lipinski definition) is 20. The maximum absolute atomic E-state index is 12.3. The third-order valence-electron chi connectivity index (χ3n) is 15.2. The summed E-state index contributed by atoms with van der Waals surface area (Å²) in [5.74, 6) is -0.757. The number of alkyl halides is 1. The van der Waals surface area contributed by atoms with Crippen LogP contribution in [0.5, 0.6) is 0 Å². The van der Waals surface area contributed by atoms with Gasteiger partial charge in [0.25, 0.3) is 0 Å². The highest BCUT2D eigenvalue weighted by Gasteiger charge is 2.64. The van der Waals surface area contributed by atoms with Gasteiger partial charge in [-0.3, -0.25) is 28.8 Å². The van der Waals surface area contributed by atoms with Gasteiger partial charge >= 0.3 is 45.4 Å². The van der Waals surface area contributed by atoms with E-state index in [2.05, 4.69) is 68.5 Å². The molecule has 4 aromatic rings. The molecule has 0 aliphatic carbocycles. The molecule has 3 aliphatic heterocycles. The van der Waals surface area contributed by atoms with E-state index in [1.165, 1.54) is 0 Å². The van der Waals surface area contributed by atoms with Crippen LogP contribution in [0.15, 0.2) is 110 Å². The molecule has 3 fully saturated rings. The van der Waals surface area contributed by atoms with Crippen molar-refractivity contribution < 1.29 is 90.0 Å². The van der Waals surface area contributed by atoms with Crippen LogP contribution in [0, 0.1) is 0 Å². The number of carbonyl (C=O) groups excluding carboxylic acids is 8. The van der Waals surface area contributed by atoms with Crippen molar-refractivity contribution in [2.45, 2.75) is 248 Å². The van der Waals surface area contributed by atoms with Crippen LogP contribution in [0.3, 0.4) is 0 Å². The molecule has 0 atom stereocenters. The van der Waals surface area contributed by atoms with Crippen molar-refractivity contribution in [3.05, 3.63) is 133 Å². The summed E-state index contributed by atoms with van der Waals surface area (Å²) in [5, 5.41) is 0.384. The number of rotatable bonds is 14. The number of halogens is 5. The Balaban J connectivity index is 0.000000614. The molecule has 0 spiro atoms. The highest BCUT2D eigenvalue weighted by Crippen LogP contribution is 2.43. The highest BCUT2D eigenvalue weighted by molar-refractivity contribution is 9.11. The van der Waals surface area contributed by atoms with Crippen LogP contribution in [0.1, 0.15) is 233 Å². The zero-order valence-electron chi connectivity index (χ0n) is 62.5. The molecule has 28 heteroatoms. The number of ketones is 4. The van der Waals surface area contributed by atoms with E-state index >= 15 is 0 Å². The predicted molar refractivity (Wildman–Crippen MR) is 408 cm³/mol. The monoisotopic (exact) mass is 1670 g/mol. The van der Waals surface area contributed by atoms with E-state index in [1.807, 2.05) is 119 Å². The molecule has 0 saturated carbocycles. The number of nitrogens with two attached hydrogens (primary N) is 1. The molecule has 4 aromatic carbocycles. The zero-order chi connectivity index (χ0) is 76.3. The molecule has 554 valence electrons. The second-order valence-corrected chi connectivity index (χ2v) is 33.5. The van der Waals surface area contributed by atoms with E-state index < -0.39 is 67.1 Å². The summed E-state index contributed by atoms with van der Waals surface area (Å²) < 4.78 is 62.9. The van der Waals surface area contributed by atoms with Gasteiger partial charge in [-0.15, -0.1) is 12.4 Å². The van der Waals surface area contributed by atoms with Crippen LogP contribution in [-0.2, 0) is 61.2 Å². The van der Waals surface area contributed by atoms with E-state index in [1.54, 1.807) is 144 Å². The summed E-state index contributed by atoms with van der Waals surface area (Å²) in [6, 6.07) is 28.7. The fraction of sp³-hybridized carbons (Fsp3) is 0.556. The van der Waals surface area contributed by atoms with E-state index in [-0.39, 0.29) is 102 Å². The molecule has 20 nitrogen and oxygen atoms in total. The normalized spacial score (nSPS) is 16.5. The largest absolute Gasteiger partial charge is 0.519 e. The van der Waals surface area contributed by atoms with Gasteiger partial charge in [0.15, 0.2) is 23.1 Å². The minimum atomic E-state index is -1.06. The molecular formula is C72H103B3Br4ClNO19. The Hall–Kier alpha value is -4.64. The zero-order valence-corrected chi connectivity index (χ0v) is 69.6. The maximum atomic E-state index is 12.3. The molecule has 0 amide bonds. The number of Topliss-reactive ketones (excluding diaryl/α,β-unsaturated/α-hetero) is 4. The second kappa shape index (κ2) is 38.9. The van der Waals surface area contributed by atoms with Crippen molar-refractivity contribution in [2.75, 3.05) is 11.9 Å². The van der Waals surface area contributed by atoms with Crippen LogP contribution in [0.4, 0.5) is 9.59 Å². The van der Waals surface area contributed by atoms with Gasteiger partial charge in [0.05, 0.1) is 58.3 Å². The lowest BCUT2D eigenvalue weighted by molar-refractivity contribution is -0.155. The summed E-state index contributed by atoms with van der Waals surface area (Å²) in [4.78, 5) is 91.4. The first-order valence-corrected chi connectivity index (χ1v) is 35.8. The van der Waals surface area contributed by atoms with Gasteiger partial charge in [-0.2, -0.15) is 0 Å². The average molecular weight is 1670 g/mol. The first-order chi connectivity index (χ1) is 44.9. The fourth-order valence-electron chi connectivity index (χ4n) is 8.02. The Morgan fingerprint density at radius 1 is 0.370 bits per heavy atom. The molecule has 7 rings (SSSR count). The van der Waals surface area contributed by atoms with Crippen LogP contribution >= 0.6 is 76.1 Å². The van der Waals surface area contributed by atoms with E-state index in [9.17, 15) is 38.4 Å². The fourth-order valence-corrected chi connectivity index (χ4v) is 9.14. The van der Waals surface area contributed by atoms with Gasteiger partial charge in [0, 0.05) is 48.5 Å². The molecule has 3 aliphatic rings. The summed E-state index contributed by atoms with van der Waals surface area (Å²) in [6.07, 6.45) is -1.61. The van der Waals surface area contributed by atoms with Gasteiger partial charge in [-0.25, -0.2) is 9.59 Å². The number of benzene rings is 4. The van der Waals surface area contributed by atoms with E-state index in [0.29, 0.717) is 22.0 Å². The maximum Gasteiger partial charge on any atom is 0.519 e. The first kappa shape index (κ1) is 93.4. The van der Waals surface area contributed by atoms with Crippen molar-refractivity contribution in [3.8, 4) is 0 Å². The lowest BCUT2D eigenvalue weighted by atomic mass is 9.49. The van der Waals surface area contributed by atoms with Gasteiger partial charge in [0.1, 0.15) is 22.4 Å². The SMILES string of the molecule is CC(C)(C)OC(=O)CCC(=O)c1ccc(B2OC(C)(C)C(C)(C)O2)cc1.CC(C)(C)OC(=O)CCC(=O)c1ccc(Br)cc1.CC(C)(C)OC(=O)OC(=O)OC(C)(C)C.CC1(C)OB(B2OC(C)(C)C(C)(C)O2)OC1(C)C.Cl.NCC(=O)c1ccc(Br)cc1.O=C(CBr)c1ccc(Br)cc1. The van der Waals surface area contributed by atoms with Crippen LogP contribution in [0.2, 0.25) is 0 Å². The van der Waals surface area contributed by atoms with Crippen LogP contribution in [0.25, 0.3) is 0 Å². The first-order valence-electron chi connectivity index (χ1n) is 32.3. The van der Waals surface area contributed by atoms with Crippen molar-refractivity contribution in [1.29, 1.82) is 0 Å². The van der Waals surface area contributed by atoms with Crippen molar-refractivity contribution in [2.24, 2.45) is 5.73 Å². The Bertz CT molecular complexity index is 3180. The molecule has 3 heterocycles. The van der Waals surface area contributed by atoms with E-state index in [0.717, 1.165) is 24.4 Å². The van der Waals surface area contributed by atoms with Crippen molar-refractivity contribution in [3.63, 3.8) is 0 Å². The van der Waals surface area contributed by atoms with Gasteiger partial charge in [-0.05, 0) is 208 Å². The quantitative estimate of drug-likeness (QED) is 0.0307.